The van der Waals surface area contributed by atoms with Gasteiger partial charge in [0.2, 0.25) is 0 Å². The van der Waals surface area contributed by atoms with E-state index in [-0.39, 0.29) is 5.82 Å². The minimum atomic E-state index is -0.651. The van der Waals surface area contributed by atoms with Crippen LogP contribution in [0, 0.1) is 11.7 Å². The number of hydrogen-bond acceptors (Lipinski definition) is 2. The van der Waals surface area contributed by atoms with Gasteiger partial charge in [0.1, 0.15) is 5.82 Å². The lowest BCUT2D eigenvalue weighted by Gasteiger charge is -2.30. The van der Waals surface area contributed by atoms with Crippen molar-refractivity contribution >= 4 is 5.69 Å². The summed E-state index contributed by atoms with van der Waals surface area (Å²) in [6, 6.07) is 4.93. The van der Waals surface area contributed by atoms with Crippen molar-refractivity contribution in [3.05, 3.63) is 29.6 Å². The number of aliphatic hydroxyl groups is 1. The molecule has 0 fully saturated rings. The Morgan fingerprint density at radius 3 is 2.32 bits per heavy atom. The normalized spacial score (nSPS) is 12.8. The van der Waals surface area contributed by atoms with Crippen molar-refractivity contribution in [3.63, 3.8) is 0 Å². The molecule has 0 spiro atoms. The maximum absolute atomic E-state index is 14.2. The SMILES string of the molecule is CCC(CC)CN(CC)c1c(F)cccc1C(C)O. The number of rotatable bonds is 7. The fraction of sp³-hybridized carbons (Fsp3) is 0.625. The van der Waals surface area contributed by atoms with Gasteiger partial charge in [-0.2, -0.15) is 0 Å². The molecular formula is C16H26FNO. The van der Waals surface area contributed by atoms with Crippen LogP contribution in [0.4, 0.5) is 10.1 Å². The molecule has 1 N–H and O–H groups in total. The molecule has 1 atom stereocenters. The molecule has 108 valence electrons. The van der Waals surface area contributed by atoms with Gasteiger partial charge in [-0.05, 0) is 25.8 Å². The summed E-state index contributed by atoms with van der Waals surface area (Å²) in [6.45, 7) is 9.63. The van der Waals surface area contributed by atoms with Gasteiger partial charge in [-0.25, -0.2) is 4.39 Å². The fourth-order valence-electron chi connectivity index (χ4n) is 2.44. The molecule has 0 aliphatic heterocycles. The molecule has 0 aliphatic rings. The maximum atomic E-state index is 14.2. The molecule has 0 aliphatic carbocycles. The third-order valence-electron chi connectivity index (χ3n) is 3.80. The Balaban J connectivity index is 3.10. The summed E-state index contributed by atoms with van der Waals surface area (Å²) in [7, 11) is 0. The van der Waals surface area contributed by atoms with Gasteiger partial charge in [0.15, 0.2) is 0 Å². The summed E-state index contributed by atoms with van der Waals surface area (Å²) >= 11 is 0. The monoisotopic (exact) mass is 267 g/mol. The van der Waals surface area contributed by atoms with Crippen molar-refractivity contribution in [1.29, 1.82) is 0 Å². The van der Waals surface area contributed by atoms with Crippen molar-refractivity contribution in [2.75, 3.05) is 18.0 Å². The van der Waals surface area contributed by atoms with Crippen molar-refractivity contribution in [3.8, 4) is 0 Å². The number of benzene rings is 1. The average Bonchev–Trinajstić information content (AvgIpc) is 2.40. The highest BCUT2D eigenvalue weighted by molar-refractivity contribution is 5.55. The van der Waals surface area contributed by atoms with Gasteiger partial charge < -0.3 is 10.0 Å². The molecule has 0 saturated heterocycles. The third-order valence-corrected chi connectivity index (χ3v) is 3.80. The molecule has 1 rings (SSSR count). The predicted octanol–water partition coefficient (Wildman–Crippen LogP) is 4.14. The second-order valence-corrected chi connectivity index (χ2v) is 5.07. The van der Waals surface area contributed by atoms with E-state index >= 15 is 0 Å². The highest BCUT2D eigenvalue weighted by Crippen LogP contribution is 2.30. The van der Waals surface area contributed by atoms with E-state index in [1.165, 1.54) is 6.07 Å². The van der Waals surface area contributed by atoms with Crippen LogP contribution in [-0.2, 0) is 0 Å². The molecule has 0 amide bonds. The summed E-state index contributed by atoms with van der Waals surface area (Å²) in [5.74, 6) is 0.313. The standard InChI is InChI=1S/C16H26FNO/c1-5-13(6-2)11-18(7-3)16-14(12(4)19)9-8-10-15(16)17/h8-10,12-13,19H,5-7,11H2,1-4H3. The third kappa shape index (κ3) is 3.93. The fourth-order valence-corrected chi connectivity index (χ4v) is 2.44. The van der Waals surface area contributed by atoms with E-state index in [9.17, 15) is 9.50 Å². The molecule has 19 heavy (non-hydrogen) atoms. The zero-order chi connectivity index (χ0) is 14.4. The molecule has 3 heteroatoms. The van der Waals surface area contributed by atoms with Crippen molar-refractivity contribution in [2.45, 2.75) is 46.6 Å². The van der Waals surface area contributed by atoms with E-state index in [1.807, 2.05) is 6.92 Å². The van der Waals surface area contributed by atoms with Crippen LogP contribution in [0.1, 0.15) is 52.2 Å². The Hall–Kier alpha value is -1.09. The van der Waals surface area contributed by atoms with Crippen LogP contribution in [0.15, 0.2) is 18.2 Å². The Morgan fingerprint density at radius 2 is 1.84 bits per heavy atom. The summed E-state index contributed by atoms with van der Waals surface area (Å²) in [5, 5.41) is 9.83. The minimum Gasteiger partial charge on any atom is -0.389 e. The summed E-state index contributed by atoms with van der Waals surface area (Å²) < 4.78 is 14.2. The van der Waals surface area contributed by atoms with Crippen LogP contribution in [0.2, 0.25) is 0 Å². The van der Waals surface area contributed by atoms with Crippen molar-refractivity contribution in [2.24, 2.45) is 5.92 Å². The molecular weight excluding hydrogens is 241 g/mol. The van der Waals surface area contributed by atoms with Crippen LogP contribution >= 0.6 is 0 Å². The largest absolute Gasteiger partial charge is 0.389 e. The quantitative estimate of drug-likeness (QED) is 0.802. The van der Waals surface area contributed by atoms with E-state index in [4.69, 9.17) is 0 Å². The van der Waals surface area contributed by atoms with Gasteiger partial charge in [0, 0.05) is 18.7 Å². The Morgan fingerprint density at radius 1 is 1.21 bits per heavy atom. The van der Waals surface area contributed by atoms with Gasteiger partial charge >= 0.3 is 0 Å². The van der Waals surface area contributed by atoms with Gasteiger partial charge in [-0.1, -0.05) is 38.8 Å². The zero-order valence-electron chi connectivity index (χ0n) is 12.5. The van der Waals surface area contributed by atoms with Crippen LogP contribution in [0.3, 0.4) is 0 Å². The van der Waals surface area contributed by atoms with Gasteiger partial charge in [0.05, 0.1) is 11.8 Å². The average molecular weight is 267 g/mol. The van der Waals surface area contributed by atoms with Crippen LogP contribution < -0.4 is 4.90 Å². The number of hydrogen-bond donors (Lipinski definition) is 1. The van der Waals surface area contributed by atoms with Gasteiger partial charge in [-0.15, -0.1) is 0 Å². The van der Waals surface area contributed by atoms with Gasteiger partial charge in [-0.3, -0.25) is 0 Å². The molecule has 0 saturated carbocycles. The summed E-state index contributed by atoms with van der Waals surface area (Å²) in [5.41, 5.74) is 1.24. The predicted molar refractivity (Wildman–Crippen MR) is 79.0 cm³/mol. The molecule has 0 bridgehead atoms. The number of anilines is 1. The highest BCUT2D eigenvalue weighted by Gasteiger charge is 2.19. The van der Waals surface area contributed by atoms with Crippen molar-refractivity contribution in [1.82, 2.24) is 0 Å². The Kier molecular flexibility index (Phi) is 6.29. The second kappa shape index (κ2) is 7.49. The number of aliphatic hydroxyl groups excluding tert-OH is 1. The second-order valence-electron chi connectivity index (χ2n) is 5.07. The van der Waals surface area contributed by atoms with Gasteiger partial charge in [0.25, 0.3) is 0 Å². The molecule has 2 nitrogen and oxygen atoms in total. The Bertz CT molecular complexity index is 388. The molecule has 0 radical (unpaired) electrons. The van der Waals surface area contributed by atoms with E-state index in [2.05, 4.69) is 18.7 Å². The van der Waals surface area contributed by atoms with E-state index in [1.54, 1.807) is 19.1 Å². The lowest BCUT2D eigenvalue weighted by Crippen LogP contribution is -2.31. The smallest absolute Gasteiger partial charge is 0.146 e. The molecule has 0 aromatic heterocycles. The van der Waals surface area contributed by atoms with Crippen molar-refractivity contribution < 1.29 is 9.50 Å². The summed E-state index contributed by atoms with van der Waals surface area (Å²) in [4.78, 5) is 2.05. The van der Waals surface area contributed by atoms with Crippen LogP contribution in [-0.4, -0.2) is 18.2 Å². The zero-order valence-corrected chi connectivity index (χ0v) is 12.5. The topological polar surface area (TPSA) is 23.5 Å². The van der Waals surface area contributed by atoms with Crippen LogP contribution in [0.5, 0.6) is 0 Å². The minimum absolute atomic E-state index is 0.244. The lowest BCUT2D eigenvalue weighted by atomic mass is 10.0. The first kappa shape index (κ1) is 16.0. The highest BCUT2D eigenvalue weighted by atomic mass is 19.1. The van der Waals surface area contributed by atoms with Crippen LogP contribution in [0.25, 0.3) is 0 Å². The number of para-hydroxylation sites is 1. The number of nitrogens with zero attached hydrogens (tertiary/aromatic N) is 1. The van der Waals surface area contributed by atoms with E-state index in [0.29, 0.717) is 17.2 Å². The molecule has 0 heterocycles. The Labute approximate surface area is 116 Å². The van der Waals surface area contributed by atoms with E-state index < -0.39 is 6.10 Å². The lowest BCUT2D eigenvalue weighted by molar-refractivity contribution is 0.199. The summed E-state index contributed by atoms with van der Waals surface area (Å²) in [6.07, 6.45) is 1.53. The molecule has 1 aromatic rings. The first-order valence-electron chi connectivity index (χ1n) is 7.26. The molecule has 1 aromatic carbocycles. The number of halogens is 1. The first-order chi connectivity index (χ1) is 9.04. The molecule has 1 unspecified atom stereocenters. The van der Waals surface area contributed by atoms with E-state index in [0.717, 1.165) is 25.9 Å². The first-order valence-corrected chi connectivity index (χ1v) is 7.26. The maximum Gasteiger partial charge on any atom is 0.146 e.